The van der Waals surface area contributed by atoms with E-state index in [1.165, 1.54) is 6.92 Å². The number of carboxylic acid groups (broad SMARTS) is 1. The number of amides is 1. The van der Waals surface area contributed by atoms with E-state index in [0.29, 0.717) is 26.2 Å². The summed E-state index contributed by atoms with van der Waals surface area (Å²) < 4.78 is 5.13. The molecule has 1 fully saturated rings. The highest BCUT2D eigenvalue weighted by Crippen LogP contribution is 2.20. The highest BCUT2D eigenvalue weighted by Gasteiger charge is 2.28. The largest absolute Gasteiger partial charge is 0.497 e. The Morgan fingerprint density at radius 3 is 2.19 bits per heavy atom. The van der Waals surface area contributed by atoms with E-state index in [2.05, 4.69) is 4.90 Å². The lowest BCUT2D eigenvalue weighted by Crippen LogP contribution is -2.51. The van der Waals surface area contributed by atoms with Crippen molar-refractivity contribution >= 4 is 17.6 Å². The zero-order valence-electron chi connectivity index (χ0n) is 12.3. The third-order valence-electron chi connectivity index (χ3n) is 3.77. The molecule has 1 aliphatic heterocycles. The van der Waals surface area contributed by atoms with Crippen molar-refractivity contribution in [3.8, 4) is 5.75 Å². The zero-order chi connectivity index (χ0) is 15.4. The van der Waals surface area contributed by atoms with E-state index >= 15 is 0 Å². The van der Waals surface area contributed by atoms with Crippen LogP contribution in [0.4, 0.5) is 5.69 Å². The van der Waals surface area contributed by atoms with Crippen LogP contribution in [-0.4, -0.2) is 55.2 Å². The second kappa shape index (κ2) is 6.47. The predicted octanol–water partition coefficient (Wildman–Crippen LogP) is 1.06. The van der Waals surface area contributed by atoms with Gasteiger partial charge in [-0.25, -0.2) is 0 Å². The van der Waals surface area contributed by atoms with Gasteiger partial charge in [-0.3, -0.25) is 9.59 Å². The molecular weight excluding hydrogens is 272 g/mol. The van der Waals surface area contributed by atoms with Gasteiger partial charge in [0.05, 0.1) is 7.11 Å². The molecule has 1 aliphatic rings. The van der Waals surface area contributed by atoms with Gasteiger partial charge in [0.15, 0.2) is 0 Å². The SMILES string of the molecule is COc1ccc(N2CCN(C(=O)C(C)C(=O)O)CC2)cc1. The minimum atomic E-state index is -1.07. The first kappa shape index (κ1) is 15.2. The maximum Gasteiger partial charge on any atom is 0.315 e. The Morgan fingerprint density at radius 1 is 1.14 bits per heavy atom. The van der Waals surface area contributed by atoms with Crippen molar-refractivity contribution in [2.75, 3.05) is 38.2 Å². The van der Waals surface area contributed by atoms with Gasteiger partial charge in [0.2, 0.25) is 5.91 Å². The number of nitrogens with zero attached hydrogens (tertiary/aromatic N) is 2. The fourth-order valence-corrected chi connectivity index (χ4v) is 2.36. The van der Waals surface area contributed by atoms with Crippen LogP contribution in [-0.2, 0) is 9.59 Å². The second-order valence-electron chi connectivity index (χ2n) is 5.07. The van der Waals surface area contributed by atoms with Crippen LogP contribution in [0.1, 0.15) is 6.92 Å². The van der Waals surface area contributed by atoms with Crippen molar-refractivity contribution < 1.29 is 19.4 Å². The summed E-state index contributed by atoms with van der Waals surface area (Å²) in [5.74, 6) is -1.55. The molecule has 2 rings (SSSR count). The van der Waals surface area contributed by atoms with Gasteiger partial charge in [0, 0.05) is 31.9 Å². The van der Waals surface area contributed by atoms with Gasteiger partial charge >= 0.3 is 5.97 Å². The molecule has 0 bridgehead atoms. The Balaban J connectivity index is 1.93. The summed E-state index contributed by atoms with van der Waals surface area (Å²) in [7, 11) is 1.63. The molecule has 0 aromatic heterocycles. The van der Waals surface area contributed by atoms with Crippen molar-refractivity contribution in [1.29, 1.82) is 0 Å². The lowest BCUT2D eigenvalue weighted by Gasteiger charge is -2.36. The normalized spacial score (nSPS) is 16.5. The summed E-state index contributed by atoms with van der Waals surface area (Å²) in [6, 6.07) is 7.77. The minimum Gasteiger partial charge on any atom is -0.497 e. The maximum atomic E-state index is 12.0. The van der Waals surface area contributed by atoms with Crippen molar-refractivity contribution in [1.82, 2.24) is 4.90 Å². The summed E-state index contributed by atoms with van der Waals surface area (Å²) in [4.78, 5) is 26.6. The van der Waals surface area contributed by atoms with E-state index < -0.39 is 11.9 Å². The van der Waals surface area contributed by atoms with Crippen molar-refractivity contribution in [2.45, 2.75) is 6.92 Å². The third-order valence-corrected chi connectivity index (χ3v) is 3.77. The first-order valence-electron chi connectivity index (χ1n) is 6.93. The molecule has 1 heterocycles. The van der Waals surface area contributed by atoms with Gasteiger partial charge in [0.25, 0.3) is 0 Å². The summed E-state index contributed by atoms with van der Waals surface area (Å²) in [6.45, 7) is 3.92. The van der Waals surface area contributed by atoms with Crippen LogP contribution in [0.15, 0.2) is 24.3 Å². The fraction of sp³-hybridized carbons (Fsp3) is 0.467. The van der Waals surface area contributed by atoms with E-state index in [1.54, 1.807) is 12.0 Å². The summed E-state index contributed by atoms with van der Waals surface area (Å²) >= 11 is 0. The van der Waals surface area contributed by atoms with E-state index in [0.717, 1.165) is 11.4 Å². The second-order valence-corrected chi connectivity index (χ2v) is 5.07. The molecule has 6 heteroatoms. The highest BCUT2D eigenvalue weighted by atomic mass is 16.5. The van der Waals surface area contributed by atoms with Crippen LogP contribution in [0.5, 0.6) is 5.75 Å². The number of benzene rings is 1. The van der Waals surface area contributed by atoms with Gasteiger partial charge in [-0.1, -0.05) is 0 Å². The number of hydrogen-bond acceptors (Lipinski definition) is 4. The molecule has 1 aromatic rings. The molecule has 0 spiro atoms. The number of carbonyl (C=O) groups is 2. The Bertz CT molecular complexity index is 507. The maximum absolute atomic E-state index is 12.0. The van der Waals surface area contributed by atoms with Crippen molar-refractivity contribution in [2.24, 2.45) is 5.92 Å². The number of carbonyl (C=O) groups excluding carboxylic acids is 1. The standard InChI is InChI=1S/C15H20N2O4/c1-11(15(19)20)14(18)17-9-7-16(8-10-17)12-3-5-13(21-2)6-4-12/h3-6,11H,7-10H2,1-2H3,(H,19,20). The molecule has 0 aliphatic carbocycles. The molecule has 21 heavy (non-hydrogen) atoms. The topological polar surface area (TPSA) is 70.1 Å². The number of methoxy groups -OCH3 is 1. The molecule has 1 unspecified atom stereocenters. The van der Waals surface area contributed by atoms with Crippen LogP contribution in [0.3, 0.4) is 0 Å². The molecule has 114 valence electrons. The monoisotopic (exact) mass is 292 g/mol. The molecule has 1 saturated heterocycles. The van der Waals surface area contributed by atoms with E-state index in [9.17, 15) is 9.59 Å². The van der Waals surface area contributed by atoms with Gasteiger partial charge < -0.3 is 19.6 Å². The molecule has 6 nitrogen and oxygen atoms in total. The lowest BCUT2D eigenvalue weighted by atomic mass is 10.1. The Hall–Kier alpha value is -2.24. The number of anilines is 1. The lowest BCUT2D eigenvalue weighted by molar-refractivity contribution is -0.150. The molecule has 0 radical (unpaired) electrons. The summed E-state index contributed by atoms with van der Waals surface area (Å²) in [6.07, 6.45) is 0. The fourth-order valence-electron chi connectivity index (χ4n) is 2.36. The number of rotatable bonds is 4. The average Bonchev–Trinajstić information content (AvgIpc) is 2.53. The first-order valence-corrected chi connectivity index (χ1v) is 6.93. The van der Waals surface area contributed by atoms with Crippen LogP contribution in [0.25, 0.3) is 0 Å². The zero-order valence-corrected chi connectivity index (χ0v) is 12.3. The summed E-state index contributed by atoms with van der Waals surface area (Å²) in [5.41, 5.74) is 1.08. The molecule has 1 amide bonds. The molecule has 0 saturated carbocycles. The molecular formula is C15H20N2O4. The van der Waals surface area contributed by atoms with Crippen LogP contribution >= 0.6 is 0 Å². The Labute approximate surface area is 123 Å². The number of hydrogen-bond donors (Lipinski definition) is 1. The molecule has 1 aromatic carbocycles. The predicted molar refractivity (Wildman–Crippen MR) is 78.6 cm³/mol. The third kappa shape index (κ3) is 3.45. The van der Waals surface area contributed by atoms with Crippen molar-refractivity contribution in [3.05, 3.63) is 24.3 Å². The van der Waals surface area contributed by atoms with Crippen LogP contribution in [0, 0.1) is 5.92 Å². The van der Waals surface area contributed by atoms with Gasteiger partial charge in [-0.05, 0) is 31.2 Å². The number of piperazine rings is 1. The number of ether oxygens (including phenoxy) is 1. The number of carboxylic acids is 1. The first-order chi connectivity index (χ1) is 10.0. The number of aliphatic carboxylic acids is 1. The van der Waals surface area contributed by atoms with Crippen molar-refractivity contribution in [3.63, 3.8) is 0 Å². The molecule has 1 N–H and O–H groups in total. The van der Waals surface area contributed by atoms with E-state index in [-0.39, 0.29) is 5.91 Å². The molecule has 1 atom stereocenters. The van der Waals surface area contributed by atoms with Gasteiger partial charge in [-0.15, -0.1) is 0 Å². The quantitative estimate of drug-likeness (QED) is 0.840. The smallest absolute Gasteiger partial charge is 0.315 e. The Morgan fingerprint density at radius 2 is 1.71 bits per heavy atom. The van der Waals surface area contributed by atoms with Gasteiger partial charge in [-0.2, -0.15) is 0 Å². The van der Waals surface area contributed by atoms with E-state index in [1.807, 2.05) is 24.3 Å². The summed E-state index contributed by atoms with van der Waals surface area (Å²) in [5, 5.41) is 8.89. The van der Waals surface area contributed by atoms with Crippen LogP contribution < -0.4 is 9.64 Å². The van der Waals surface area contributed by atoms with Gasteiger partial charge in [0.1, 0.15) is 11.7 Å². The van der Waals surface area contributed by atoms with Crippen LogP contribution in [0.2, 0.25) is 0 Å². The Kier molecular flexibility index (Phi) is 4.67. The minimum absolute atomic E-state index is 0.308. The highest BCUT2D eigenvalue weighted by molar-refractivity contribution is 5.96. The average molecular weight is 292 g/mol. The van der Waals surface area contributed by atoms with E-state index in [4.69, 9.17) is 9.84 Å².